The molecule has 25 heavy (non-hydrogen) atoms. The SMILES string of the molecule is C[C@@H](OC(=O)Cc1ccc(Cl)cc1)C(=O)Nc1ccc2c(c1)OCO2. The molecule has 0 spiro atoms. The topological polar surface area (TPSA) is 73.9 Å². The summed E-state index contributed by atoms with van der Waals surface area (Å²) in [5, 5.41) is 3.27. The highest BCUT2D eigenvalue weighted by atomic mass is 35.5. The van der Waals surface area contributed by atoms with Crippen LogP contribution in [-0.4, -0.2) is 24.8 Å². The summed E-state index contributed by atoms with van der Waals surface area (Å²) in [7, 11) is 0. The van der Waals surface area contributed by atoms with Crippen LogP contribution in [0.3, 0.4) is 0 Å². The van der Waals surface area contributed by atoms with Gasteiger partial charge in [-0.15, -0.1) is 0 Å². The smallest absolute Gasteiger partial charge is 0.311 e. The van der Waals surface area contributed by atoms with Crippen LogP contribution in [0.1, 0.15) is 12.5 Å². The highest BCUT2D eigenvalue weighted by Crippen LogP contribution is 2.34. The van der Waals surface area contributed by atoms with Crippen LogP contribution in [0.25, 0.3) is 0 Å². The molecule has 1 amide bonds. The van der Waals surface area contributed by atoms with E-state index in [0.29, 0.717) is 22.2 Å². The molecule has 0 bridgehead atoms. The number of benzene rings is 2. The molecule has 1 heterocycles. The maximum atomic E-state index is 12.2. The van der Waals surface area contributed by atoms with E-state index in [4.69, 9.17) is 25.8 Å². The Kier molecular flexibility index (Phi) is 5.09. The zero-order chi connectivity index (χ0) is 17.8. The average molecular weight is 362 g/mol. The second-order valence-corrected chi connectivity index (χ2v) is 5.93. The minimum Gasteiger partial charge on any atom is -0.454 e. The first kappa shape index (κ1) is 17.1. The molecular weight excluding hydrogens is 346 g/mol. The van der Waals surface area contributed by atoms with Gasteiger partial charge in [0, 0.05) is 16.8 Å². The minimum absolute atomic E-state index is 0.0683. The van der Waals surface area contributed by atoms with Gasteiger partial charge in [0.05, 0.1) is 6.42 Å². The summed E-state index contributed by atoms with van der Waals surface area (Å²) in [6.45, 7) is 1.67. The fourth-order valence-electron chi connectivity index (χ4n) is 2.28. The molecule has 130 valence electrons. The van der Waals surface area contributed by atoms with E-state index in [-0.39, 0.29) is 13.2 Å². The summed E-state index contributed by atoms with van der Waals surface area (Å²) in [5.41, 5.74) is 1.30. The maximum Gasteiger partial charge on any atom is 0.311 e. The van der Waals surface area contributed by atoms with Gasteiger partial charge in [0.25, 0.3) is 5.91 Å². The molecule has 0 aliphatic carbocycles. The Hall–Kier alpha value is -2.73. The van der Waals surface area contributed by atoms with E-state index in [1.807, 2.05) is 0 Å². The molecule has 3 rings (SSSR count). The van der Waals surface area contributed by atoms with Crippen LogP contribution in [0.15, 0.2) is 42.5 Å². The Labute approximate surface area is 149 Å². The Balaban J connectivity index is 1.53. The third-order valence-electron chi connectivity index (χ3n) is 3.58. The number of rotatable bonds is 5. The van der Waals surface area contributed by atoms with Gasteiger partial charge in [0.15, 0.2) is 17.6 Å². The molecular formula is C18H16ClNO5. The first-order valence-electron chi connectivity index (χ1n) is 7.66. The molecule has 0 unspecified atom stereocenters. The van der Waals surface area contributed by atoms with Gasteiger partial charge >= 0.3 is 5.97 Å². The van der Waals surface area contributed by atoms with Crippen LogP contribution in [0.2, 0.25) is 5.02 Å². The molecule has 0 radical (unpaired) electrons. The molecule has 1 N–H and O–H groups in total. The maximum absolute atomic E-state index is 12.2. The fraction of sp³-hybridized carbons (Fsp3) is 0.222. The van der Waals surface area contributed by atoms with Gasteiger partial charge in [-0.1, -0.05) is 23.7 Å². The highest BCUT2D eigenvalue weighted by molar-refractivity contribution is 6.30. The van der Waals surface area contributed by atoms with Gasteiger partial charge in [0.2, 0.25) is 6.79 Å². The number of halogens is 1. The number of esters is 1. The molecule has 0 aromatic heterocycles. The zero-order valence-electron chi connectivity index (χ0n) is 13.5. The summed E-state index contributed by atoms with van der Waals surface area (Å²) in [5.74, 6) is 0.268. The predicted molar refractivity (Wildman–Crippen MR) is 91.9 cm³/mol. The molecule has 0 saturated carbocycles. The van der Waals surface area contributed by atoms with Gasteiger partial charge in [-0.3, -0.25) is 9.59 Å². The van der Waals surface area contributed by atoms with E-state index in [1.54, 1.807) is 42.5 Å². The van der Waals surface area contributed by atoms with Gasteiger partial charge < -0.3 is 19.5 Å². The molecule has 1 aliphatic rings. The summed E-state index contributed by atoms with van der Waals surface area (Å²) >= 11 is 5.80. The number of hydrogen-bond acceptors (Lipinski definition) is 5. The summed E-state index contributed by atoms with van der Waals surface area (Å²) in [6.07, 6.45) is -0.857. The number of anilines is 1. The molecule has 1 aliphatic heterocycles. The number of nitrogens with one attached hydrogen (secondary N) is 1. The third-order valence-corrected chi connectivity index (χ3v) is 3.83. The van der Waals surface area contributed by atoms with Crippen LogP contribution in [0, 0.1) is 0 Å². The van der Waals surface area contributed by atoms with E-state index >= 15 is 0 Å². The molecule has 6 nitrogen and oxygen atoms in total. The predicted octanol–water partition coefficient (Wildman–Crippen LogP) is 3.18. The van der Waals surface area contributed by atoms with Crippen molar-refractivity contribution < 1.29 is 23.8 Å². The number of carbonyl (C=O) groups is 2. The Bertz CT molecular complexity index is 791. The lowest BCUT2D eigenvalue weighted by Crippen LogP contribution is -2.30. The van der Waals surface area contributed by atoms with Gasteiger partial charge in [-0.2, -0.15) is 0 Å². The standard InChI is InChI=1S/C18H16ClNO5/c1-11(25-17(21)8-12-2-4-13(19)5-3-12)18(22)20-14-6-7-15-16(9-14)24-10-23-15/h2-7,9,11H,8,10H2,1H3,(H,20,22)/t11-/m1/s1. The monoisotopic (exact) mass is 361 g/mol. The van der Waals surface area contributed by atoms with Gasteiger partial charge in [-0.25, -0.2) is 0 Å². The van der Waals surface area contributed by atoms with E-state index in [9.17, 15) is 9.59 Å². The Morgan fingerprint density at radius 2 is 1.88 bits per heavy atom. The summed E-state index contributed by atoms with van der Waals surface area (Å²) < 4.78 is 15.6. The fourth-order valence-corrected chi connectivity index (χ4v) is 2.41. The van der Waals surface area contributed by atoms with Crippen LogP contribution in [0.5, 0.6) is 11.5 Å². The van der Waals surface area contributed by atoms with Gasteiger partial charge in [0.1, 0.15) is 0 Å². The van der Waals surface area contributed by atoms with Crippen molar-refractivity contribution in [2.24, 2.45) is 0 Å². The number of ether oxygens (including phenoxy) is 3. The normalized spacial score (nSPS) is 13.2. The zero-order valence-corrected chi connectivity index (χ0v) is 14.2. The van der Waals surface area contributed by atoms with Crippen molar-refractivity contribution in [2.45, 2.75) is 19.4 Å². The second kappa shape index (κ2) is 7.44. The molecule has 2 aromatic rings. The van der Waals surface area contributed by atoms with Crippen LogP contribution in [-0.2, 0) is 20.7 Å². The van der Waals surface area contributed by atoms with E-state index < -0.39 is 18.0 Å². The molecule has 0 fully saturated rings. The van der Waals surface area contributed by atoms with Crippen LogP contribution < -0.4 is 14.8 Å². The van der Waals surface area contributed by atoms with Crippen LogP contribution >= 0.6 is 11.6 Å². The number of fused-ring (bicyclic) bond motifs is 1. The summed E-state index contributed by atoms with van der Waals surface area (Å²) in [4.78, 5) is 24.1. The van der Waals surface area contributed by atoms with Crippen molar-refractivity contribution in [1.29, 1.82) is 0 Å². The molecule has 1 atom stereocenters. The van der Waals surface area contributed by atoms with Crippen molar-refractivity contribution in [2.75, 3.05) is 12.1 Å². The van der Waals surface area contributed by atoms with E-state index in [1.165, 1.54) is 6.92 Å². The lowest BCUT2D eigenvalue weighted by Gasteiger charge is -2.14. The Morgan fingerprint density at radius 1 is 1.16 bits per heavy atom. The van der Waals surface area contributed by atoms with E-state index in [2.05, 4.69) is 5.32 Å². The minimum atomic E-state index is -0.926. The van der Waals surface area contributed by atoms with Crippen molar-refractivity contribution in [3.05, 3.63) is 53.1 Å². The quantitative estimate of drug-likeness (QED) is 0.828. The first-order chi connectivity index (χ1) is 12.0. The number of amides is 1. The Morgan fingerprint density at radius 3 is 2.64 bits per heavy atom. The van der Waals surface area contributed by atoms with E-state index in [0.717, 1.165) is 5.56 Å². The highest BCUT2D eigenvalue weighted by Gasteiger charge is 2.20. The third kappa shape index (κ3) is 4.42. The largest absolute Gasteiger partial charge is 0.454 e. The lowest BCUT2D eigenvalue weighted by molar-refractivity contribution is -0.152. The second-order valence-electron chi connectivity index (χ2n) is 5.49. The summed E-state index contributed by atoms with van der Waals surface area (Å²) in [6, 6.07) is 11.9. The molecule has 0 saturated heterocycles. The number of hydrogen-bond donors (Lipinski definition) is 1. The number of carbonyl (C=O) groups excluding carboxylic acids is 2. The van der Waals surface area contributed by atoms with Crippen molar-refractivity contribution in [3.63, 3.8) is 0 Å². The van der Waals surface area contributed by atoms with Crippen molar-refractivity contribution in [3.8, 4) is 11.5 Å². The van der Waals surface area contributed by atoms with Crippen molar-refractivity contribution in [1.82, 2.24) is 0 Å². The molecule has 7 heteroatoms. The average Bonchev–Trinajstić information content (AvgIpc) is 3.04. The van der Waals surface area contributed by atoms with Crippen LogP contribution in [0.4, 0.5) is 5.69 Å². The van der Waals surface area contributed by atoms with Gasteiger partial charge in [-0.05, 0) is 36.8 Å². The van der Waals surface area contributed by atoms with Crippen molar-refractivity contribution >= 4 is 29.2 Å². The molecule has 2 aromatic carbocycles. The first-order valence-corrected chi connectivity index (χ1v) is 8.03. The lowest BCUT2D eigenvalue weighted by atomic mass is 10.1.